The highest BCUT2D eigenvalue weighted by molar-refractivity contribution is 7.99. The van der Waals surface area contributed by atoms with Crippen LogP contribution in [-0.2, 0) is 0 Å². The number of nitrogen functional groups attached to an aromatic ring is 2. The van der Waals surface area contributed by atoms with Crippen LogP contribution in [0.1, 0.15) is 0 Å². The molecule has 4 rings (SSSR count). The Morgan fingerprint density at radius 1 is 0.758 bits per heavy atom. The van der Waals surface area contributed by atoms with Gasteiger partial charge in [0.05, 0.1) is 6.61 Å². The fourth-order valence-corrected chi connectivity index (χ4v) is 4.09. The van der Waals surface area contributed by atoms with Crippen molar-refractivity contribution in [2.75, 3.05) is 29.9 Å². The highest BCUT2D eigenvalue weighted by atomic mass is 35.5. The standard InChI is InChI=1S/C12H14N4OS.C10H8ClN3S/c13-9-1-3-10(4-2-9)18-11-5-6-14-12(16-11)15-7-8-17;11-10-13-6-5-9(14-10)15-8-3-1-7(12)2-4-8/h1-6,17H,7-8,13H2,(H,14,15,16);1-6H,12H2. The summed E-state index contributed by atoms with van der Waals surface area (Å²) in [4.78, 5) is 18.4. The second kappa shape index (κ2) is 12.9. The maximum Gasteiger partial charge on any atom is 0.223 e. The van der Waals surface area contributed by atoms with E-state index >= 15 is 0 Å². The third-order valence-electron chi connectivity index (χ3n) is 3.83. The van der Waals surface area contributed by atoms with Crippen molar-refractivity contribution in [3.63, 3.8) is 0 Å². The largest absolute Gasteiger partial charge is 0.399 e. The van der Waals surface area contributed by atoms with Crippen LogP contribution in [0.25, 0.3) is 0 Å². The third kappa shape index (κ3) is 8.78. The first-order valence-electron chi connectivity index (χ1n) is 9.75. The molecule has 0 aliphatic heterocycles. The number of aliphatic hydroxyl groups excluding tert-OH is 1. The number of anilines is 3. The van der Waals surface area contributed by atoms with Gasteiger partial charge in [-0.05, 0) is 72.3 Å². The van der Waals surface area contributed by atoms with Gasteiger partial charge in [0.2, 0.25) is 11.2 Å². The van der Waals surface area contributed by atoms with Crippen molar-refractivity contribution in [2.24, 2.45) is 0 Å². The van der Waals surface area contributed by atoms with Crippen molar-refractivity contribution in [3.05, 3.63) is 78.3 Å². The van der Waals surface area contributed by atoms with Crippen LogP contribution in [0.15, 0.2) is 92.9 Å². The summed E-state index contributed by atoms with van der Waals surface area (Å²) < 4.78 is 0. The van der Waals surface area contributed by atoms with Crippen LogP contribution in [0.5, 0.6) is 0 Å². The molecule has 0 bridgehead atoms. The minimum atomic E-state index is 0.0543. The van der Waals surface area contributed by atoms with Gasteiger partial charge in [0, 0.05) is 40.1 Å². The maximum absolute atomic E-state index is 8.72. The lowest BCUT2D eigenvalue weighted by atomic mass is 10.3. The van der Waals surface area contributed by atoms with E-state index in [1.54, 1.807) is 12.4 Å². The lowest BCUT2D eigenvalue weighted by molar-refractivity contribution is 0.310. The van der Waals surface area contributed by atoms with Gasteiger partial charge in [-0.15, -0.1) is 0 Å². The molecule has 33 heavy (non-hydrogen) atoms. The Hall–Kier alpha value is -3.05. The molecule has 0 saturated heterocycles. The highest BCUT2D eigenvalue weighted by Crippen LogP contribution is 2.27. The van der Waals surface area contributed by atoms with E-state index in [2.05, 4.69) is 25.3 Å². The van der Waals surface area contributed by atoms with E-state index < -0.39 is 0 Å². The predicted molar refractivity (Wildman–Crippen MR) is 135 cm³/mol. The van der Waals surface area contributed by atoms with E-state index in [0.717, 1.165) is 31.2 Å². The second-order valence-electron chi connectivity index (χ2n) is 6.37. The number of rotatable bonds is 7. The summed E-state index contributed by atoms with van der Waals surface area (Å²) in [5.41, 5.74) is 12.7. The molecule has 170 valence electrons. The molecule has 0 aliphatic carbocycles. The van der Waals surface area contributed by atoms with Crippen molar-refractivity contribution in [2.45, 2.75) is 19.8 Å². The number of nitrogens with zero attached hydrogens (tertiary/aromatic N) is 4. The van der Waals surface area contributed by atoms with E-state index in [9.17, 15) is 0 Å². The average molecular weight is 500 g/mol. The van der Waals surface area contributed by atoms with Gasteiger partial charge in [0.1, 0.15) is 10.1 Å². The molecule has 2 aromatic heterocycles. The molecule has 0 amide bonds. The number of nitrogens with one attached hydrogen (secondary N) is 1. The summed E-state index contributed by atoms with van der Waals surface area (Å²) in [5, 5.41) is 13.6. The SMILES string of the molecule is Nc1ccc(Sc2ccnc(Cl)n2)cc1.Nc1ccc(Sc2ccnc(NCCO)n2)cc1. The molecule has 0 atom stereocenters. The normalized spacial score (nSPS) is 10.2. The molecule has 8 nitrogen and oxygen atoms in total. The molecular weight excluding hydrogens is 478 g/mol. The fourth-order valence-electron chi connectivity index (χ4n) is 2.34. The Labute approximate surface area is 205 Å². The van der Waals surface area contributed by atoms with Crippen molar-refractivity contribution < 1.29 is 5.11 Å². The van der Waals surface area contributed by atoms with Gasteiger partial charge in [-0.2, -0.15) is 0 Å². The van der Waals surface area contributed by atoms with Crippen LogP contribution in [0.4, 0.5) is 17.3 Å². The minimum absolute atomic E-state index is 0.0543. The van der Waals surface area contributed by atoms with Crippen molar-refractivity contribution in [1.82, 2.24) is 19.9 Å². The van der Waals surface area contributed by atoms with Gasteiger partial charge in [-0.25, -0.2) is 19.9 Å². The van der Waals surface area contributed by atoms with Crippen LogP contribution in [0, 0.1) is 0 Å². The molecule has 0 radical (unpaired) electrons. The number of halogens is 1. The van der Waals surface area contributed by atoms with Crippen LogP contribution in [-0.4, -0.2) is 38.2 Å². The number of benzene rings is 2. The lowest BCUT2D eigenvalue weighted by Crippen LogP contribution is -2.08. The molecule has 0 aliphatic rings. The Balaban J connectivity index is 0.000000189. The zero-order valence-corrected chi connectivity index (χ0v) is 19.8. The first-order valence-corrected chi connectivity index (χ1v) is 11.8. The van der Waals surface area contributed by atoms with E-state index in [1.165, 1.54) is 23.5 Å². The Morgan fingerprint density at radius 2 is 1.27 bits per heavy atom. The molecule has 4 aromatic rings. The summed E-state index contributed by atoms with van der Waals surface area (Å²) in [7, 11) is 0. The third-order valence-corrected chi connectivity index (χ3v) is 5.90. The van der Waals surface area contributed by atoms with Gasteiger partial charge in [0.25, 0.3) is 0 Å². The van der Waals surface area contributed by atoms with Crippen molar-refractivity contribution in [3.8, 4) is 0 Å². The molecule has 0 saturated carbocycles. The summed E-state index contributed by atoms with van der Waals surface area (Å²) in [5.74, 6) is 0.518. The zero-order chi connectivity index (χ0) is 23.5. The molecule has 11 heteroatoms. The monoisotopic (exact) mass is 499 g/mol. The minimum Gasteiger partial charge on any atom is -0.399 e. The van der Waals surface area contributed by atoms with E-state index in [4.69, 9.17) is 28.2 Å². The summed E-state index contributed by atoms with van der Waals surface area (Å²) in [6, 6.07) is 18.8. The fraction of sp³-hybridized carbons (Fsp3) is 0.0909. The van der Waals surface area contributed by atoms with Gasteiger partial charge < -0.3 is 21.9 Å². The van der Waals surface area contributed by atoms with E-state index in [0.29, 0.717) is 12.5 Å². The van der Waals surface area contributed by atoms with E-state index in [-0.39, 0.29) is 11.9 Å². The highest BCUT2D eigenvalue weighted by Gasteiger charge is 2.02. The van der Waals surface area contributed by atoms with Gasteiger partial charge in [-0.3, -0.25) is 0 Å². The molecule has 6 N–H and O–H groups in total. The lowest BCUT2D eigenvalue weighted by Gasteiger charge is -2.05. The number of hydrogen-bond donors (Lipinski definition) is 4. The summed E-state index contributed by atoms with van der Waals surface area (Å²) >= 11 is 8.73. The van der Waals surface area contributed by atoms with E-state index in [1.807, 2.05) is 60.7 Å². The molecule has 0 unspecified atom stereocenters. The zero-order valence-electron chi connectivity index (χ0n) is 17.4. The van der Waals surface area contributed by atoms with Crippen molar-refractivity contribution >= 4 is 52.4 Å². The van der Waals surface area contributed by atoms with Crippen LogP contribution >= 0.6 is 35.1 Å². The second-order valence-corrected chi connectivity index (χ2v) is 8.90. The number of hydrogen-bond acceptors (Lipinski definition) is 10. The molecule has 0 spiro atoms. The van der Waals surface area contributed by atoms with Gasteiger partial charge in [0.15, 0.2) is 0 Å². The average Bonchev–Trinajstić information content (AvgIpc) is 2.82. The molecule has 0 fully saturated rings. The Kier molecular flexibility index (Phi) is 9.58. The predicted octanol–water partition coefficient (Wildman–Crippen LogP) is 4.48. The number of nitrogens with two attached hydrogens (primary N) is 2. The summed E-state index contributed by atoms with van der Waals surface area (Å²) in [6.07, 6.45) is 3.32. The summed E-state index contributed by atoms with van der Waals surface area (Å²) in [6.45, 7) is 0.495. The van der Waals surface area contributed by atoms with Crippen molar-refractivity contribution in [1.29, 1.82) is 0 Å². The maximum atomic E-state index is 8.72. The Bertz CT molecular complexity index is 1150. The first-order chi connectivity index (χ1) is 16.0. The molecule has 2 aromatic carbocycles. The quantitative estimate of drug-likeness (QED) is 0.164. The first kappa shape index (κ1) is 24.6. The number of aromatic nitrogens is 4. The molecular formula is C22H22ClN7OS2. The smallest absolute Gasteiger partial charge is 0.223 e. The topological polar surface area (TPSA) is 136 Å². The van der Waals surface area contributed by atoms with Crippen LogP contribution in [0.3, 0.4) is 0 Å². The van der Waals surface area contributed by atoms with Crippen LogP contribution in [0.2, 0.25) is 5.28 Å². The molecule has 2 heterocycles. The number of aliphatic hydroxyl groups is 1. The van der Waals surface area contributed by atoms with Gasteiger partial charge >= 0.3 is 0 Å². The van der Waals surface area contributed by atoms with Crippen LogP contribution < -0.4 is 16.8 Å². The Morgan fingerprint density at radius 3 is 1.79 bits per heavy atom. The van der Waals surface area contributed by atoms with Gasteiger partial charge in [-0.1, -0.05) is 23.5 Å².